The van der Waals surface area contributed by atoms with Crippen molar-refractivity contribution in [2.24, 2.45) is 0 Å². The Hall–Kier alpha value is -3.22. The third kappa shape index (κ3) is 4.24. The minimum Gasteiger partial charge on any atom is -0.487 e. The van der Waals surface area contributed by atoms with E-state index in [0.717, 1.165) is 11.3 Å². The summed E-state index contributed by atoms with van der Waals surface area (Å²) < 4.78 is 18.6. The second kappa shape index (κ2) is 7.77. The molecule has 3 rings (SSSR count). The molecule has 1 aromatic carbocycles. The first-order valence-corrected chi connectivity index (χ1v) is 8.18. The molecule has 0 saturated carbocycles. The van der Waals surface area contributed by atoms with Crippen LogP contribution in [0.15, 0.2) is 48.7 Å². The number of benzene rings is 1. The number of nitrogens with zero attached hydrogens (tertiary/aromatic N) is 2. The molecule has 2 heterocycles. The van der Waals surface area contributed by atoms with E-state index in [0.29, 0.717) is 11.4 Å². The molecule has 0 aliphatic carbocycles. The molecule has 0 spiro atoms. The molecule has 0 radical (unpaired) electrons. The zero-order chi connectivity index (χ0) is 18.5. The number of amides is 1. The quantitative estimate of drug-likeness (QED) is 0.712. The molecule has 0 saturated heterocycles. The lowest BCUT2D eigenvalue weighted by molar-refractivity contribution is 0.0934. The number of ether oxygens (including phenoxy) is 1. The molecule has 0 aliphatic rings. The van der Waals surface area contributed by atoms with Crippen LogP contribution in [0, 0.1) is 12.7 Å². The number of pyridine rings is 1. The molecular weight excluding hydrogens is 335 g/mol. The predicted octanol–water partition coefficient (Wildman–Crippen LogP) is 3.32. The zero-order valence-corrected chi connectivity index (χ0v) is 14.5. The fraction of sp³-hybridized carbons (Fsp3) is 0.211. The van der Waals surface area contributed by atoms with Crippen LogP contribution in [0.4, 0.5) is 4.39 Å². The fourth-order valence-electron chi connectivity index (χ4n) is 2.56. The third-order valence-corrected chi connectivity index (χ3v) is 3.86. The Kier molecular flexibility index (Phi) is 5.26. The molecule has 0 fully saturated rings. The van der Waals surface area contributed by atoms with Crippen molar-refractivity contribution in [3.05, 3.63) is 77.1 Å². The summed E-state index contributed by atoms with van der Waals surface area (Å²) in [4.78, 5) is 16.7. The van der Waals surface area contributed by atoms with Gasteiger partial charge in [-0.2, -0.15) is 5.10 Å². The molecule has 2 aromatic heterocycles. The summed E-state index contributed by atoms with van der Waals surface area (Å²) in [7, 11) is 0. The van der Waals surface area contributed by atoms with Crippen molar-refractivity contribution in [1.29, 1.82) is 0 Å². The van der Waals surface area contributed by atoms with Gasteiger partial charge < -0.3 is 10.1 Å². The maximum Gasteiger partial charge on any atom is 0.272 e. The van der Waals surface area contributed by atoms with Gasteiger partial charge in [0.05, 0.1) is 17.4 Å². The van der Waals surface area contributed by atoms with E-state index in [-0.39, 0.29) is 30.1 Å². The van der Waals surface area contributed by atoms with Gasteiger partial charge in [-0.25, -0.2) is 4.39 Å². The van der Waals surface area contributed by atoms with E-state index in [1.807, 2.05) is 26.0 Å². The minimum atomic E-state index is -0.369. The molecule has 0 unspecified atom stereocenters. The maximum atomic E-state index is 13.1. The number of carbonyl (C=O) groups excluding carboxylic acids is 1. The van der Waals surface area contributed by atoms with Crippen LogP contribution in [0.3, 0.4) is 0 Å². The first kappa shape index (κ1) is 17.6. The average Bonchev–Trinajstić information content (AvgIpc) is 3.09. The van der Waals surface area contributed by atoms with Crippen molar-refractivity contribution in [3.8, 4) is 5.75 Å². The smallest absolute Gasteiger partial charge is 0.272 e. The molecule has 134 valence electrons. The number of hydrogen-bond donors (Lipinski definition) is 2. The number of hydrogen-bond acceptors (Lipinski definition) is 4. The van der Waals surface area contributed by atoms with Crippen LogP contribution in [0.25, 0.3) is 0 Å². The van der Waals surface area contributed by atoms with Crippen molar-refractivity contribution in [1.82, 2.24) is 20.5 Å². The van der Waals surface area contributed by atoms with E-state index in [1.165, 1.54) is 12.1 Å². The lowest BCUT2D eigenvalue weighted by Gasteiger charge is -2.14. The van der Waals surface area contributed by atoms with Crippen molar-refractivity contribution in [3.63, 3.8) is 0 Å². The average molecular weight is 354 g/mol. The minimum absolute atomic E-state index is 0.151. The number of aromatic amines is 1. The first-order chi connectivity index (χ1) is 12.5. The van der Waals surface area contributed by atoms with Crippen LogP contribution in [0.1, 0.15) is 40.4 Å². The highest BCUT2D eigenvalue weighted by Crippen LogP contribution is 2.16. The Labute approximate surface area is 150 Å². The van der Waals surface area contributed by atoms with E-state index in [4.69, 9.17) is 4.74 Å². The summed E-state index contributed by atoms with van der Waals surface area (Å²) in [6.07, 6.45) is 1.70. The Morgan fingerprint density at radius 3 is 2.92 bits per heavy atom. The molecule has 0 bridgehead atoms. The van der Waals surface area contributed by atoms with Crippen molar-refractivity contribution in [2.75, 3.05) is 0 Å². The largest absolute Gasteiger partial charge is 0.487 e. The van der Waals surface area contributed by atoms with E-state index in [2.05, 4.69) is 20.5 Å². The monoisotopic (exact) mass is 354 g/mol. The summed E-state index contributed by atoms with van der Waals surface area (Å²) >= 11 is 0. The van der Waals surface area contributed by atoms with Gasteiger partial charge in [0.1, 0.15) is 23.9 Å². The van der Waals surface area contributed by atoms with Gasteiger partial charge in [-0.3, -0.25) is 14.9 Å². The summed E-state index contributed by atoms with van der Waals surface area (Å²) in [5, 5.41) is 9.63. The van der Waals surface area contributed by atoms with E-state index < -0.39 is 0 Å². The van der Waals surface area contributed by atoms with Gasteiger partial charge >= 0.3 is 0 Å². The van der Waals surface area contributed by atoms with Gasteiger partial charge in [-0.05, 0) is 43.7 Å². The van der Waals surface area contributed by atoms with Crippen LogP contribution < -0.4 is 10.1 Å². The van der Waals surface area contributed by atoms with Gasteiger partial charge in [0.2, 0.25) is 0 Å². The maximum absolute atomic E-state index is 13.1. The van der Waals surface area contributed by atoms with E-state index >= 15 is 0 Å². The Bertz CT molecular complexity index is 910. The third-order valence-electron chi connectivity index (χ3n) is 3.86. The van der Waals surface area contributed by atoms with E-state index in [1.54, 1.807) is 24.4 Å². The normalized spacial score (nSPS) is 11.8. The van der Waals surface area contributed by atoms with Gasteiger partial charge in [0.15, 0.2) is 0 Å². The zero-order valence-electron chi connectivity index (χ0n) is 14.5. The van der Waals surface area contributed by atoms with Crippen LogP contribution in [0.2, 0.25) is 0 Å². The van der Waals surface area contributed by atoms with Crippen LogP contribution in [0.5, 0.6) is 5.75 Å². The van der Waals surface area contributed by atoms with Crippen molar-refractivity contribution in [2.45, 2.75) is 26.5 Å². The number of aromatic nitrogens is 3. The number of H-pyrrole nitrogens is 1. The topological polar surface area (TPSA) is 79.9 Å². The predicted molar refractivity (Wildman–Crippen MR) is 94.2 cm³/mol. The number of carbonyl (C=O) groups is 1. The van der Waals surface area contributed by atoms with Gasteiger partial charge in [-0.15, -0.1) is 0 Å². The summed E-state index contributed by atoms with van der Waals surface area (Å²) in [5.41, 5.74) is 2.68. The lowest BCUT2D eigenvalue weighted by Crippen LogP contribution is -2.28. The SMILES string of the molecule is Cc1cccnc1[C@H](C)NC(=O)c1cc(COc2cccc(F)c2)[nH]n1. The summed E-state index contributed by atoms with van der Waals surface area (Å²) in [6.45, 7) is 3.97. The lowest BCUT2D eigenvalue weighted by atomic mass is 10.1. The molecule has 0 aliphatic heterocycles. The first-order valence-electron chi connectivity index (χ1n) is 8.18. The molecule has 2 N–H and O–H groups in total. The number of rotatable bonds is 6. The Morgan fingerprint density at radius 2 is 2.15 bits per heavy atom. The van der Waals surface area contributed by atoms with Gasteiger partial charge in [0.25, 0.3) is 5.91 Å². The summed E-state index contributed by atoms with van der Waals surface area (Å²) in [6, 6.07) is 11.0. The fourth-order valence-corrected chi connectivity index (χ4v) is 2.56. The second-order valence-electron chi connectivity index (χ2n) is 5.93. The summed E-state index contributed by atoms with van der Waals surface area (Å²) in [5.74, 6) is -0.272. The number of nitrogens with one attached hydrogen (secondary N) is 2. The highest BCUT2D eigenvalue weighted by molar-refractivity contribution is 5.92. The highest BCUT2D eigenvalue weighted by Gasteiger charge is 2.16. The molecule has 3 aromatic rings. The molecule has 1 atom stereocenters. The van der Waals surface area contributed by atoms with Crippen LogP contribution >= 0.6 is 0 Å². The van der Waals surface area contributed by atoms with Gasteiger partial charge in [0, 0.05) is 12.3 Å². The Balaban J connectivity index is 1.60. The number of halogens is 1. The Morgan fingerprint density at radius 1 is 1.31 bits per heavy atom. The second-order valence-corrected chi connectivity index (χ2v) is 5.93. The highest BCUT2D eigenvalue weighted by atomic mass is 19.1. The standard InChI is InChI=1S/C19H19FN4O2/c1-12-5-4-8-21-18(12)13(2)22-19(25)17-10-15(23-24-17)11-26-16-7-3-6-14(20)9-16/h3-10,13H,11H2,1-2H3,(H,22,25)(H,23,24)/t13-/m0/s1. The van der Waals surface area contributed by atoms with Crippen molar-refractivity contribution >= 4 is 5.91 Å². The van der Waals surface area contributed by atoms with Crippen LogP contribution in [-0.2, 0) is 6.61 Å². The number of aryl methyl sites for hydroxylation is 1. The molecule has 26 heavy (non-hydrogen) atoms. The molecule has 1 amide bonds. The van der Waals surface area contributed by atoms with Crippen LogP contribution in [-0.4, -0.2) is 21.1 Å². The van der Waals surface area contributed by atoms with Crippen molar-refractivity contribution < 1.29 is 13.9 Å². The van der Waals surface area contributed by atoms with Gasteiger partial charge in [-0.1, -0.05) is 12.1 Å². The molecule has 7 heteroatoms. The van der Waals surface area contributed by atoms with E-state index in [9.17, 15) is 9.18 Å². The molecular formula is C19H19FN4O2. The molecule has 6 nitrogen and oxygen atoms in total.